The van der Waals surface area contributed by atoms with Crippen LogP contribution < -0.4 is 5.32 Å². The SMILES string of the molecule is O=C(NC(C(=O)O)C1CCCOC1)c1csc(Cc2cccc(F)c2)n1. The number of ether oxygens (including phenoxy) is 1. The number of aromatic nitrogens is 1. The number of benzene rings is 1. The lowest BCUT2D eigenvalue weighted by atomic mass is 9.93. The lowest BCUT2D eigenvalue weighted by Crippen LogP contribution is -2.48. The van der Waals surface area contributed by atoms with Gasteiger partial charge in [-0.25, -0.2) is 14.2 Å². The highest BCUT2D eigenvalue weighted by molar-refractivity contribution is 7.09. The van der Waals surface area contributed by atoms with Gasteiger partial charge in [-0.05, 0) is 30.5 Å². The van der Waals surface area contributed by atoms with Crippen molar-refractivity contribution in [1.29, 1.82) is 0 Å². The Morgan fingerprint density at radius 1 is 1.46 bits per heavy atom. The summed E-state index contributed by atoms with van der Waals surface area (Å²) in [7, 11) is 0. The molecule has 2 N–H and O–H groups in total. The minimum Gasteiger partial charge on any atom is -0.480 e. The van der Waals surface area contributed by atoms with Crippen molar-refractivity contribution in [2.75, 3.05) is 13.2 Å². The van der Waals surface area contributed by atoms with Gasteiger partial charge in [-0.1, -0.05) is 12.1 Å². The Morgan fingerprint density at radius 2 is 2.31 bits per heavy atom. The van der Waals surface area contributed by atoms with Gasteiger partial charge in [-0.15, -0.1) is 11.3 Å². The summed E-state index contributed by atoms with van der Waals surface area (Å²) in [5.74, 6) is -2.18. The Bertz CT molecular complexity index is 789. The molecule has 0 bridgehead atoms. The minimum absolute atomic E-state index is 0.171. The van der Waals surface area contributed by atoms with E-state index in [2.05, 4.69) is 10.3 Å². The lowest BCUT2D eigenvalue weighted by Gasteiger charge is -2.27. The van der Waals surface area contributed by atoms with Crippen LogP contribution in [-0.4, -0.2) is 41.2 Å². The molecule has 2 atom stereocenters. The van der Waals surface area contributed by atoms with E-state index in [1.807, 2.05) is 0 Å². The monoisotopic (exact) mass is 378 g/mol. The topological polar surface area (TPSA) is 88.5 Å². The molecule has 8 heteroatoms. The van der Waals surface area contributed by atoms with E-state index in [4.69, 9.17) is 4.74 Å². The fraction of sp³-hybridized carbons (Fsp3) is 0.389. The summed E-state index contributed by atoms with van der Waals surface area (Å²) < 4.78 is 18.6. The van der Waals surface area contributed by atoms with Crippen molar-refractivity contribution >= 4 is 23.2 Å². The Hall–Kier alpha value is -2.32. The molecule has 2 heterocycles. The van der Waals surface area contributed by atoms with Gasteiger partial charge < -0.3 is 15.2 Å². The van der Waals surface area contributed by atoms with Gasteiger partial charge in [0.2, 0.25) is 0 Å². The first-order valence-corrected chi connectivity index (χ1v) is 9.21. The molecule has 1 saturated heterocycles. The van der Waals surface area contributed by atoms with Crippen LogP contribution in [-0.2, 0) is 16.0 Å². The van der Waals surface area contributed by atoms with Crippen molar-refractivity contribution in [3.8, 4) is 0 Å². The molecule has 0 saturated carbocycles. The van der Waals surface area contributed by atoms with E-state index in [1.54, 1.807) is 17.5 Å². The molecule has 2 aromatic rings. The first-order chi connectivity index (χ1) is 12.5. The summed E-state index contributed by atoms with van der Waals surface area (Å²) in [6, 6.07) is 5.19. The van der Waals surface area contributed by atoms with Crippen molar-refractivity contribution in [2.24, 2.45) is 5.92 Å². The molecule has 1 aliphatic heterocycles. The lowest BCUT2D eigenvalue weighted by molar-refractivity contribution is -0.142. The number of amides is 1. The first kappa shape index (κ1) is 18.5. The highest BCUT2D eigenvalue weighted by Crippen LogP contribution is 2.19. The Kier molecular flexibility index (Phi) is 5.95. The third kappa shape index (κ3) is 4.64. The fourth-order valence-electron chi connectivity index (χ4n) is 2.94. The molecule has 1 aromatic heterocycles. The molecule has 138 valence electrons. The summed E-state index contributed by atoms with van der Waals surface area (Å²) >= 11 is 1.28. The van der Waals surface area contributed by atoms with Gasteiger partial charge in [-0.2, -0.15) is 0 Å². The van der Waals surface area contributed by atoms with Crippen LogP contribution >= 0.6 is 11.3 Å². The van der Waals surface area contributed by atoms with Crippen molar-refractivity contribution in [2.45, 2.75) is 25.3 Å². The van der Waals surface area contributed by atoms with E-state index in [9.17, 15) is 19.1 Å². The van der Waals surface area contributed by atoms with Crippen LogP contribution in [0.15, 0.2) is 29.6 Å². The average molecular weight is 378 g/mol. The quantitative estimate of drug-likeness (QED) is 0.806. The number of halogens is 1. The molecule has 1 amide bonds. The maximum Gasteiger partial charge on any atom is 0.326 e. The van der Waals surface area contributed by atoms with Crippen LogP contribution in [0.25, 0.3) is 0 Å². The summed E-state index contributed by atoms with van der Waals surface area (Å²) in [5, 5.41) is 14.2. The van der Waals surface area contributed by atoms with Gasteiger partial charge in [0.05, 0.1) is 11.6 Å². The highest BCUT2D eigenvalue weighted by atomic mass is 32.1. The molecule has 1 fully saturated rings. The van der Waals surface area contributed by atoms with Gasteiger partial charge in [0, 0.05) is 24.3 Å². The maximum absolute atomic E-state index is 13.3. The van der Waals surface area contributed by atoms with Gasteiger partial charge in [0.25, 0.3) is 5.91 Å². The van der Waals surface area contributed by atoms with Crippen LogP contribution in [0, 0.1) is 11.7 Å². The first-order valence-electron chi connectivity index (χ1n) is 8.33. The predicted molar refractivity (Wildman–Crippen MR) is 93.8 cm³/mol. The number of aliphatic carboxylic acids is 1. The number of carbonyl (C=O) groups is 2. The molecule has 2 unspecified atom stereocenters. The summed E-state index contributed by atoms with van der Waals surface area (Å²) in [6.45, 7) is 0.936. The summed E-state index contributed by atoms with van der Waals surface area (Å²) in [5.41, 5.74) is 0.929. The Morgan fingerprint density at radius 3 is 3.00 bits per heavy atom. The third-order valence-electron chi connectivity index (χ3n) is 4.25. The van der Waals surface area contributed by atoms with Crippen LogP contribution in [0.5, 0.6) is 0 Å². The zero-order valence-corrected chi connectivity index (χ0v) is 14.8. The number of hydrogen-bond acceptors (Lipinski definition) is 5. The highest BCUT2D eigenvalue weighted by Gasteiger charge is 2.32. The molecule has 3 rings (SSSR count). The molecule has 1 aromatic carbocycles. The number of carboxylic acids is 1. The van der Waals surface area contributed by atoms with Crippen molar-refractivity contribution in [1.82, 2.24) is 10.3 Å². The smallest absolute Gasteiger partial charge is 0.326 e. The second-order valence-electron chi connectivity index (χ2n) is 6.20. The molecule has 1 aliphatic rings. The van der Waals surface area contributed by atoms with Crippen molar-refractivity contribution in [3.63, 3.8) is 0 Å². The molecule has 0 spiro atoms. The number of carboxylic acid groups (broad SMARTS) is 1. The minimum atomic E-state index is -1.08. The Balaban J connectivity index is 1.65. The van der Waals surface area contributed by atoms with Crippen LogP contribution in [0.3, 0.4) is 0 Å². The Labute approximate surface area is 154 Å². The van der Waals surface area contributed by atoms with Crippen molar-refractivity contribution < 1.29 is 23.8 Å². The normalized spacial score (nSPS) is 18.3. The zero-order valence-electron chi connectivity index (χ0n) is 14.0. The maximum atomic E-state index is 13.3. The molecule has 0 aliphatic carbocycles. The van der Waals surface area contributed by atoms with E-state index in [0.717, 1.165) is 12.0 Å². The van der Waals surface area contributed by atoms with Crippen LogP contribution in [0.2, 0.25) is 0 Å². The molecular weight excluding hydrogens is 359 g/mol. The van der Waals surface area contributed by atoms with E-state index >= 15 is 0 Å². The van der Waals surface area contributed by atoms with E-state index in [0.29, 0.717) is 31.1 Å². The van der Waals surface area contributed by atoms with Crippen LogP contribution in [0.4, 0.5) is 4.39 Å². The van der Waals surface area contributed by atoms with E-state index in [-0.39, 0.29) is 17.4 Å². The van der Waals surface area contributed by atoms with Gasteiger partial charge in [0.15, 0.2) is 0 Å². The van der Waals surface area contributed by atoms with Crippen molar-refractivity contribution in [3.05, 3.63) is 51.7 Å². The summed E-state index contributed by atoms with van der Waals surface area (Å²) in [6.07, 6.45) is 1.88. The van der Waals surface area contributed by atoms with Gasteiger partial charge in [-0.3, -0.25) is 4.79 Å². The summed E-state index contributed by atoms with van der Waals surface area (Å²) in [4.78, 5) is 28.2. The third-order valence-corrected chi connectivity index (χ3v) is 5.10. The standard InChI is InChI=1S/C18H19FN2O4S/c19-13-5-1-3-11(7-13)8-15-20-14(10-26-15)17(22)21-16(18(23)24)12-4-2-6-25-9-12/h1,3,5,7,10,12,16H,2,4,6,8-9H2,(H,21,22)(H,23,24). The number of thiazole rings is 1. The number of nitrogens with one attached hydrogen (secondary N) is 1. The molecular formula is C18H19FN2O4S. The van der Waals surface area contributed by atoms with E-state index in [1.165, 1.54) is 23.5 Å². The fourth-order valence-corrected chi connectivity index (χ4v) is 3.75. The average Bonchev–Trinajstić information content (AvgIpc) is 3.08. The number of hydrogen-bond donors (Lipinski definition) is 2. The molecule has 0 radical (unpaired) electrons. The second-order valence-corrected chi connectivity index (χ2v) is 7.14. The number of rotatable bonds is 6. The molecule has 26 heavy (non-hydrogen) atoms. The zero-order chi connectivity index (χ0) is 18.5. The van der Waals surface area contributed by atoms with E-state index < -0.39 is 17.9 Å². The predicted octanol–water partition coefficient (Wildman–Crippen LogP) is 2.48. The largest absolute Gasteiger partial charge is 0.480 e. The van der Waals surface area contributed by atoms with Gasteiger partial charge >= 0.3 is 5.97 Å². The van der Waals surface area contributed by atoms with Gasteiger partial charge in [0.1, 0.15) is 17.6 Å². The molecule has 6 nitrogen and oxygen atoms in total. The number of nitrogens with zero attached hydrogens (tertiary/aromatic N) is 1. The number of carbonyl (C=O) groups excluding carboxylic acids is 1. The van der Waals surface area contributed by atoms with Crippen LogP contribution in [0.1, 0.15) is 33.9 Å². The second kappa shape index (κ2) is 8.37.